The predicted molar refractivity (Wildman–Crippen MR) is 115 cm³/mol. The number of nitriles is 2. The number of ether oxygens (including phenoxy) is 2. The maximum absolute atomic E-state index is 9.55. The third kappa shape index (κ3) is 5.58. The lowest BCUT2D eigenvalue weighted by molar-refractivity contribution is 0.306. The summed E-state index contributed by atoms with van der Waals surface area (Å²) < 4.78 is 10.9. The zero-order chi connectivity index (χ0) is 21.2. The van der Waals surface area contributed by atoms with Crippen molar-refractivity contribution in [2.75, 3.05) is 7.11 Å². The Bertz CT molecular complexity index is 1120. The minimum atomic E-state index is 0.291. The summed E-state index contributed by atoms with van der Waals surface area (Å²) in [7, 11) is 1.59. The molecule has 5 heteroatoms. The fourth-order valence-electron chi connectivity index (χ4n) is 2.68. The lowest BCUT2D eigenvalue weighted by Crippen LogP contribution is -1.95. The van der Waals surface area contributed by atoms with E-state index in [0.717, 1.165) is 28.2 Å². The first-order chi connectivity index (χ1) is 14.7. The Morgan fingerprint density at radius 2 is 1.30 bits per heavy atom. The van der Waals surface area contributed by atoms with Gasteiger partial charge in [0.05, 0.1) is 18.3 Å². The molecule has 5 nitrogen and oxygen atoms in total. The van der Waals surface area contributed by atoms with E-state index in [2.05, 4.69) is 17.1 Å². The molecule has 0 atom stereocenters. The SMILES string of the molecule is COc1ccc(/C=C(C#N)/C(C#N)=C/c2ccc(OCc3ccncc3)cc2)cc1. The molecule has 3 aromatic rings. The van der Waals surface area contributed by atoms with E-state index >= 15 is 0 Å². The quantitative estimate of drug-likeness (QED) is 0.408. The van der Waals surface area contributed by atoms with E-state index in [1.54, 1.807) is 43.8 Å². The second-order valence-electron chi connectivity index (χ2n) is 6.33. The molecule has 0 saturated carbocycles. The molecule has 0 spiro atoms. The Balaban J connectivity index is 1.74. The maximum Gasteiger partial charge on any atom is 0.119 e. The van der Waals surface area contributed by atoms with Crippen LogP contribution in [0.5, 0.6) is 11.5 Å². The summed E-state index contributed by atoms with van der Waals surface area (Å²) in [5.74, 6) is 1.45. The highest BCUT2D eigenvalue weighted by atomic mass is 16.5. The lowest BCUT2D eigenvalue weighted by atomic mass is 10.0. The Hall–Kier alpha value is -4.35. The molecule has 0 unspecified atom stereocenters. The van der Waals surface area contributed by atoms with E-state index in [4.69, 9.17) is 9.47 Å². The highest BCUT2D eigenvalue weighted by molar-refractivity contribution is 5.74. The molecule has 146 valence electrons. The summed E-state index contributed by atoms with van der Waals surface area (Å²) in [6, 6.07) is 22.7. The molecule has 0 radical (unpaired) electrons. The molecule has 0 fully saturated rings. The summed E-state index contributed by atoms with van der Waals surface area (Å²) in [4.78, 5) is 3.98. The highest BCUT2D eigenvalue weighted by Crippen LogP contribution is 2.21. The van der Waals surface area contributed by atoms with Gasteiger partial charge in [-0.05, 0) is 65.2 Å². The number of methoxy groups -OCH3 is 1. The molecule has 0 aliphatic rings. The fourth-order valence-corrected chi connectivity index (χ4v) is 2.68. The molecule has 1 aromatic heterocycles. The number of nitrogens with zero attached hydrogens (tertiary/aromatic N) is 3. The van der Waals surface area contributed by atoms with Gasteiger partial charge in [0.15, 0.2) is 0 Å². The predicted octanol–water partition coefficient (Wildman–Crippen LogP) is 5.18. The van der Waals surface area contributed by atoms with E-state index in [-0.39, 0.29) is 0 Å². The summed E-state index contributed by atoms with van der Waals surface area (Å²) >= 11 is 0. The van der Waals surface area contributed by atoms with Crippen molar-refractivity contribution in [3.05, 3.63) is 101 Å². The topological polar surface area (TPSA) is 78.9 Å². The van der Waals surface area contributed by atoms with E-state index in [0.29, 0.717) is 17.8 Å². The van der Waals surface area contributed by atoms with Gasteiger partial charge >= 0.3 is 0 Å². The first-order valence-corrected chi connectivity index (χ1v) is 9.21. The molecule has 0 aliphatic heterocycles. The number of rotatable bonds is 7. The molecule has 0 aliphatic carbocycles. The zero-order valence-electron chi connectivity index (χ0n) is 16.4. The summed E-state index contributed by atoms with van der Waals surface area (Å²) in [6.45, 7) is 0.449. The first-order valence-electron chi connectivity index (χ1n) is 9.21. The number of aromatic nitrogens is 1. The van der Waals surface area contributed by atoms with Crippen molar-refractivity contribution >= 4 is 12.2 Å². The average Bonchev–Trinajstić information content (AvgIpc) is 2.81. The Morgan fingerprint density at radius 1 is 0.800 bits per heavy atom. The van der Waals surface area contributed by atoms with Gasteiger partial charge in [-0.15, -0.1) is 0 Å². The first kappa shape index (κ1) is 20.4. The highest BCUT2D eigenvalue weighted by Gasteiger charge is 2.06. The van der Waals surface area contributed by atoms with Crippen molar-refractivity contribution in [2.45, 2.75) is 6.61 Å². The molecule has 30 heavy (non-hydrogen) atoms. The van der Waals surface area contributed by atoms with Gasteiger partial charge in [0.2, 0.25) is 0 Å². The van der Waals surface area contributed by atoms with E-state index in [1.807, 2.05) is 48.5 Å². The van der Waals surface area contributed by atoms with Crippen LogP contribution in [0.1, 0.15) is 16.7 Å². The van der Waals surface area contributed by atoms with Gasteiger partial charge in [0.1, 0.15) is 30.2 Å². The molecule has 3 rings (SSSR count). The van der Waals surface area contributed by atoms with E-state index < -0.39 is 0 Å². The largest absolute Gasteiger partial charge is 0.497 e. The third-order valence-electron chi connectivity index (χ3n) is 4.30. The van der Waals surface area contributed by atoms with Gasteiger partial charge in [0, 0.05) is 12.4 Å². The third-order valence-corrected chi connectivity index (χ3v) is 4.30. The Morgan fingerprint density at radius 3 is 1.77 bits per heavy atom. The van der Waals surface area contributed by atoms with Crippen LogP contribution in [-0.4, -0.2) is 12.1 Å². The molecule has 0 saturated heterocycles. The Kier molecular flexibility index (Phi) is 6.97. The second kappa shape index (κ2) is 10.3. The fraction of sp³-hybridized carbons (Fsp3) is 0.0800. The van der Waals surface area contributed by atoms with Crippen molar-refractivity contribution in [1.29, 1.82) is 10.5 Å². The summed E-state index contributed by atoms with van der Waals surface area (Å²) in [5, 5.41) is 19.1. The summed E-state index contributed by atoms with van der Waals surface area (Å²) in [6.07, 6.45) is 6.82. The van der Waals surface area contributed by atoms with Crippen LogP contribution in [0.25, 0.3) is 12.2 Å². The van der Waals surface area contributed by atoms with Crippen LogP contribution in [0, 0.1) is 22.7 Å². The number of benzene rings is 2. The van der Waals surface area contributed by atoms with Gasteiger partial charge in [-0.25, -0.2) is 0 Å². The minimum absolute atomic E-state index is 0.291. The van der Waals surface area contributed by atoms with Crippen LogP contribution in [0.3, 0.4) is 0 Å². The van der Waals surface area contributed by atoms with Gasteiger partial charge in [0.25, 0.3) is 0 Å². The van der Waals surface area contributed by atoms with Crippen molar-refractivity contribution in [3.8, 4) is 23.6 Å². The smallest absolute Gasteiger partial charge is 0.119 e. The summed E-state index contributed by atoms with van der Waals surface area (Å²) in [5.41, 5.74) is 3.23. The number of hydrogen-bond acceptors (Lipinski definition) is 5. The van der Waals surface area contributed by atoms with Crippen LogP contribution in [0.15, 0.2) is 84.2 Å². The molecular weight excluding hydrogens is 374 g/mol. The minimum Gasteiger partial charge on any atom is -0.497 e. The molecule has 1 heterocycles. The van der Waals surface area contributed by atoms with Crippen LogP contribution in [0.2, 0.25) is 0 Å². The monoisotopic (exact) mass is 393 g/mol. The Labute approximate surface area is 175 Å². The molecule has 2 aromatic carbocycles. The van der Waals surface area contributed by atoms with E-state index in [1.165, 1.54) is 0 Å². The van der Waals surface area contributed by atoms with E-state index in [9.17, 15) is 10.5 Å². The number of pyridine rings is 1. The average molecular weight is 393 g/mol. The number of allylic oxidation sites excluding steroid dienone is 2. The van der Waals surface area contributed by atoms with Gasteiger partial charge < -0.3 is 9.47 Å². The molecule has 0 N–H and O–H groups in total. The molecule has 0 amide bonds. The van der Waals surface area contributed by atoms with Crippen molar-refractivity contribution in [1.82, 2.24) is 4.98 Å². The maximum atomic E-state index is 9.55. The van der Waals surface area contributed by atoms with Gasteiger partial charge in [-0.2, -0.15) is 10.5 Å². The van der Waals surface area contributed by atoms with Crippen LogP contribution < -0.4 is 9.47 Å². The van der Waals surface area contributed by atoms with Crippen LogP contribution in [-0.2, 0) is 6.61 Å². The van der Waals surface area contributed by atoms with Crippen molar-refractivity contribution in [2.24, 2.45) is 0 Å². The lowest BCUT2D eigenvalue weighted by Gasteiger charge is -2.06. The normalized spacial score (nSPS) is 11.3. The number of hydrogen-bond donors (Lipinski definition) is 0. The molecular formula is C25H19N3O2. The second-order valence-corrected chi connectivity index (χ2v) is 6.33. The van der Waals surface area contributed by atoms with Crippen molar-refractivity contribution < 1.29 is 9.47 Å². The zero-order valence-corrected chi connectivity index (χ0v) is 16.4. The standard InChI is InChI=1S/C25H19N3O2/c1-29-24-6-2-19(3-7-24)14-22(16-26)23(17-27)15-20-4-8-25(9-5-20)30-18-21-10-12-28-13-11-21/h2-15H,18H2,1H3/b22-14+,23-15+. The van der Waals surface area contributed by atoms with Crippen LogP contribution >= 0.6 is 0 Å². The van der Waals surface area contributed by atoms with Gasteiger partial charge in [-0.1, -0.05) is 24.3 Å². The van der Waals surface area contributed by atoms with Crippen molar-refractivity contribution in [3.63, 3.8) is 0 Å². The van der Waals surface area contributed by atoms with Crippen LogP contribution in [0.4, 0.5) is 0 Å². The molecule has 0 bridgehead atoms. The van der Waals surface area contributed by atoms with Gasteiger partial charge in [-0.3, -0.25) is 4.98 Å².